The summed E-state index contributed by atoms with van der Waals surface area (Å²) in [7, 11) is -3.83. The summed E-state index contributed by atoms with van der Waals surface area (Å²) in [5, 5.41) is 2.68. The molecular formula is C17H25N3O4S. The highest BCUT2D eigenvalue weighted by Gasteiger charge is 2.44. The molecule has 0 saturated carbocycles. The van der Waals surface area contributed by atoms with Crippen LogP contribution in [0.1, 0.15) is 38.1 Å². The highest BCUT2D eigenvalue weighted by atomic mass is 32.2. The molecule has 1 heterocycles. The van der Waals surface area contributed by atoms with Crippen LogP contribution in [0.4, 0.5) is 0 Å². The van der Waals surface area contributed by atoms with Crippen molar-refractivity contribution in [3.05, 3.63) is 29.8 Å². The fraction of sp³-hybridized carbons (Fsp3) is 0.529. The van der Waals surface area contributed by atoms with Gasteiger partial charge in [0.2, 0.25) is 15.9 Å². The Balaban J connectivity index is 2.32. The van der Waals surface area contributed by atoms with Crippen molar-refractivity contribution in [3.8, 4) is 0 Å². The van der Waals surface area contributed by atoms with E-state index in [2.05, 4.69) is 5.32 Å². The lowest BCUT2D eigenvalue weighted by atomic mass is 10.0. The second-order valence-electron chi connectivity index (χ2n) is 6.39. The molecule has 0 bridgehead atoms. The number of piperazine rings is 1. The average molecular weight is 367 g/mol. The summed E-state index contributed by atoms with van der Waals surface area (Å²) in [6.07, 6.45) is 0. The van der Waals surface area contributed by atoms with E-state index in [4.69, 9.17) is 0 Å². The lowest BCUT2D eigenvalue weighted by Gasteiger charge is -2.39. The molecule has 0 unspecified atom stereocenters. The topological polar surface area (TPSA) is 86.8 Å². The predicted octanol–water partition coefficient (Wildman–Crippen LogP) is 1.07. The van der Waals surface area contributed by atoms with Crippen molar-refractivity contribution in [2.45, 2.75) is 38.1 Å². The van der Waals surface area contributed by atoms with Gasteiger partial charge in [0.15, 0.2) is 0 Å². The van der Waals surface area contributed by atoms with Gasteiger partial charge in [-0.2, -0.15) is 4.31 Å². The van der Waals surface area contributed by atoms with Gasteiger partial charge in [0.25, 0.3) is 5.91 Å². The monoisotopic (exact) mass is 367 g/mol. The third-order valence-electron chi connectivity index (χ3n) is 4.52. The summed E-state index contributed by atoms with van der Waals surface area (Å²) in [6, 6.07) is 5.89. The van der Waals surface area contributed by atoms with E-state index in [-0.39, 0.29) is 29.8 Å². The number of hydrogen-bond acceptors (Lipinski definition) is 4. The first kappa shape index (κ1) is 19.4. The highest BCUT2D eigenvalue weighted by molar-refractivity contribution is 7.89. The normalized spacial score (nSPS) is 17.8. The minimum Gasteiger partial charge on any atom is -0.353 e. The van der Waals surface area contributed by atoms with Crippen molar-refractivity contribution in [1.29, 1.82) is 0 Å². The van der Waals surface area contributed by atoms with Crippen molar-refractivity contribution >= 4 is 21.8 Å². The van der Waals surface area contributed by atoms with E-state index < -0.39 is 15.6 Å². The molecule has 1 N–H and O–H groups in total. The maximum atomic E-state index is 12.9. The smallest absolute Gasteiger partial charge is 0.253 e. The molecule has 0 spiro atoms. The molecule has 0 aromatic heterocycles. The molecular weight excluding hydrogens is 342 g/mol. The Bertz CT molecular complexity index is 753. The number of rotatable bonds is 5. The Morgan fingerprint density at radius 1 is 1.20 bits per heavy atom. The second kappa shape index (κ2) is 7.13. The van der Waals surface area contributed by atoms with Crippen molar-refractivity contribution in [3.63, 3.8) is 0 Å². The number of hydrogen-bond donors (Lipinski definition) is 1. The Labute approximate surface area is 149 Å². The molecule has 1 aliphatic heterocycles. The predicted molar refractivity (Wildman–Crippen MR) is 94.7 cm³/mol. The molecule has 2 amide bonds. The van der Waals surface area contributed by atoms with Crippen LogP contribution in [0.15, 0.2) is 29.2 Å². The molecule has 1 aromatic carbocycles. The van der Waals surface area contributed by atoms with E-state index in [1.807, 2.05) is 13.8 Å². The van der Waals surface area contributed by atoms with E-state index in [1.165, 1.54) is 28.6 Å². The van der Waals surface area contributed by atoms with Gasteiger partial charge in [-0.15, -0.1) is 0 Å². The molecule has 7 nitrogen and oxygen atoms in total. The van der Waals surface area contributed by atoms with Crippen molar-refractivity contribution in [2.24, 2.45) is 0 Å². The van der Waals surface area contributed by atoms with E-state index >= 15 is 0 Å². The van der Waals surface area contributed by atoms with Gasteiger partial charge >= 0.3 is 0 Å². The number of carbonyl (C=O) groups is 2. The third kappa shape index (κ3) is 3.55. The molecule has 2 rings (SSSR count). The van der Waals surface area contributed by atoms with Crippen LogP contribution in [0.5, 0.6) is 0 Å². The zero-order valence-corrected chi connectivity index (χ0v) is 15.9. The molecule has 1 saturated heterocycles. The summed E-state index contributed by atoms with van der Waals surface area (Å²) in [5.74, 6) is -0.456. The summed E-state index contributed by atoms with van der Waals surface area (Å²) in [5.41, 5.74) is -0.717. The molecule has 1 aromatic rings. The van der Waals surface area contributed by atoms with E-state index in [1.54, 1.807) is 18.7 Å². The Hall–Kier alpha value is -1.93. The number of nitrogens with zero attached hydrogens (tertiary/aromatic N) is 2. The standard InChI is InChI=1S/C17H25N3O4S/c1-5-19(6-2)15(21)13-7-9-14(10-8-13)25(23,24)20-12-11-18-16(22)17(20,3)4/h7-10H,5-6,11-12H2,1-4H3,(H,18,22). The maximum Gasteiger partial charge on any atom is 0.253 e. The molecule has 8 heteroatoms. The van der Waals surface area contributed by atoms with Gasteiger partial charge in [-0.1, -0.05) is 0 Å². The Morgan fingerprint density at radius 2 is 1.76 bits per heavy atom. The lowest BCUT2D eigenvalue weighted by Crippen LogP contribution is -2.63. The van der Waals surface area contributed by atoms with Gasteiger partial charge in [0.1, 0.15) is 5.54 Å². The zero-order chi connectivity index (χ0) is 18.8. The lowest BCUT2D eigenvalue weighted by molar-refractivity contribution is -0.131. The minimum atomic E-state index is -3.83. The van der Waals surface area contributed by atoms with E-state index in [9.17, 15) is 18.0 Å². The maximum absolute atomic E-state index is 12.9. The molecule has 0 radical (unpaired) electrons. The molecule has 1 aliphatic rings. The summed E-state index contributed by atoms with van der Waals surface area (Å²) >= 11 is 0. The molecule has 25 heavy (non-hydrogen) atoms. The fourth-order valence-corrected chi connectivity index (χ4v) is 4.64. The molecule has 1 fully saturated rings. The molecule has 0 aliphatic carbocycles. The Morgan fingerprint density at radius 3 is 2.28 bits per heavy atom. The summed E-state index contributed by atoms with van der Waals surface area (Å²) in [4.78, 5) is 26.1. The van der Waals surface area contributed by atoms with Crippen LogP contribution in [0, 0.1) is 0 Å². The number of carbonyl (C=O) groups excluding carboxylic acids is 2. The number of amides is 2. The van der Waals surface area contributed by atoms with Crippen LogP contribution >= 0.6 is 0 Å². The largest absolute Gasteiger partial charge is 0.353 e. The quantitative estimate of drug-likeness (QED) is 0.843. The van der Waals surface area contributed by atoms with E-state index in [0.717, 1.165) is 0 Å². The summed E-state index contributed by atoms with van der Waals surface area (Å²) < 4.78 is 27.1. The Kier molecular flexibility index (Phi) is 5.53. The first-order valence-corrected chi connectivity index (χ1v) is 9.80. The van der Waals surface area contributed by atoms with E-state index in [0.29, 0.717) is 18.7 Å². The van der Waals surface area contributed by atoms with Gasteiger partial charge in [-0.3, -0.25) is 9.59 Å². The number of sulfonamides is 1. The van der Waals surface area contributed by atoms with Crippen molar-refractivity contribution in [1.82, 2.24) is 14.5 Å². The van der Waals surface area contributed by atoms with Crippen LogP contribution < -0.4 is 5.32 Å². The van der Waals surface area contributed by atoms with Crippen LogP contribution in [0.3, 0.4) is 0 Å². The van der Waals surface area contributed by atoms with Gasteiger partial charge < -0.3 is 10.2 Å². The zero-order valence-electron chi connectivity index (χ0n) is 15.1. The van der Waals surface area contributed by atoms with Crippen molar-refractivity contribution in [2.75, 3.05) is 26.2 Å². The average Bonchev–Trinajstić information content (AvgIpc) is 2.58. The molecule has 0 atom stereocenters. The molecule has 138 valence electrons. The number of nitrogens with one attached hydrogen (secondary N) is 1. The van der Waals surface area contributed by atoms with Crippen LogP contribution in [-0.4, -0.2) is 61.2 Å². The minimum absolute atomic E-state index is 0.0753. The van der Waals surface area contributed by atoms with Crippen LogP contribution in [0.2, 0.25) is 0 Å². The highest BCUT2D eigenvalue weighted by Crippen LogP contribution is 2.27. The van der Waals surface area contributed by atoms with Crippen molar-refractivity contribution < 1.29 is 18.0 Å². The van der Waals surface area contributed by atoms with Crippen LogP contribution in [0.25, 0.3) is 0 Å². The SMILES string of the molecule is CCN(CC)C(=O)c1ccc(S(=O)(=O)N2CCNC(=O)C2(C)C)cc1. The van der Waals surface area contributed by atoms with Crippen LogP contribution in [-0.2, 0) is 14.8 Å². The summed E-state index contributed by atoms with van der Waals surface area (Å²) in [6.45, 7) is 8.61. The van der Waals surface area contributed by atoms with Gasteiger partial charge in [-0.05, 0) is 52.0 Å². The van der Waals surface area contributed by atoms with Gasteiger partial charge in [0.05, 0.1) is 4.90 Å². The fourth-order valence-electron chi connectivity index (χ4n) is 2.89. The second-order valence-corrected chi connectivity index (χ2v) is 8.26. The van der Waals surface area contributed by atoms with Gasteiger partial charge in [-0.25, -0.2) is 8.42 Å². The first-order valence-electron chi connectivity index (χ1n) is 8.36. The van der Waals surface area contributed by atoms with Gasteiger partial charge in [0, 0.05) is 31.7 Å². The first-order chi connectivity index (χ1) is 11.7. The number of benzene rings is 1. The third-order valence-corrected chi connectivity index (χ3v) is 6.61.